The summed E-state index contributed by atoms with van der Waals surface area (Å²) >= 11 is 0. The topological polar surface area (TPSA) is 67.2 Å². The third-order valence-electron chi connectivity index (χ3n) is 4.94. The maximum absolute atomic E-state index is 11.2. The van der Waals surface area contributed by atoms with Gasteiger partial charge in [0.15, 0.2) is 0 Å². The van der Waals surface area contributed by atoms with Crippen LogP contribution in [0.15, 0.2) is 30.3 Å². The van der Waals surface area contributed by atoms with Crippen molar-refractivity contribution < 1.29 is 8.42 Å². The Balaban J connectivity index is 1.44. The molecule has 4 rings (SSSR count). The number of benzene rings is 1. The Bertz CT molecular complexity index is 834. The molecular weight excluding hydrogens is 324 g/mol. The van der Waals surface area contributed by atoms with Gasteiger partial charge in [-0.2, -0.15) is 5.10 Å². The number of hydrogen-bond donors (Lipinski definition) is 1. The number of fused-ring (bicyclic) bond motifs is 2. The Morgan fingerprint density at radius 3 is 2.58 bits per heavy atom. The summed E-state index contributed by atoms with van der Waals surface area (Å²) in [5.41, 5.74) is 4.90. The van der Waals surface area contributed by atoms with Crippen LogP contribution in [0.3, 0.4) is 0 Å². The molecule has 0 saturated heterocycles. The molecule has 128 valence electrons. The zero-order chi connectivity index (χ0) is 16.7. The number of rotatable bonds is 4. The summed E-state index contributed by atoms with van der Waals surface area (Å²) in [7, 11) is -3.19. The highest BCUT2D eigenvalue weighted by Crippen LogP contribution is 2.27. The average molecular weight is 346 g/mol. The molecule has 1 N–H and O–H groups in total. The third kappa shape index (κ3) is 3.24. The summed E-state index contributed by atoms with van der Waals surface area (Å²) in [4.78, 5) is 2.53. The van der Waals surface area contributed by atoms with E-state index in [2.05, 4.69) is 39.0 Å². The standard InChI is InChI=1S/C17H22N4O2S/c1-24(22,23)18-11-15-10-17-12-20(6-7-21(17)19-15)16-8-13-4-2-3-5-14(13)9-16/h2-5,10,16,18H,6-9,11-12H2,1H3. The van der Waals surface area contributed by atoms with E-state index in [9.17, 15) is 8.42 Å². The highest BCUT2D eigenvalue weighted by atomic mass is 32.2. The molecule has 0 fully saturated rings. The van der Waals surface area contributed by atoms with Crippen LogP contribution < -0.4 is 4.72 Å². The first-order valence-electron chi connectivity index (χ1n) is 8.29. The van der Waals surface area contributed by atoms with Crippen molar-refractivity contribution in [1.82, 2.24) is 19.4 Å². The lowest BCUT2D eigenvalue weighted by atomic mass is 10.1. The summed E-state index contributed by atoms with van der Waals surface area (Å²) in [5.74, 6) is 0. The van der Waals surface area contributed by atoms with Gasteiger partial charge in [0.1, 0.15) is 0 Å². The minimum absolute atomic E-state index is 0.258. The molecule has 0 unspecified atom stereocenters. The second kappa shape index (κ2) is 5.98. The molecule has 0 radical (unpaired) electrons. The summed E-state index contributed by atoms with van der Waals surface area (Å²) < 4.78 is 27.0. The van der Waals surface area contributed by atoms with Crippen LogP contribution in [-0.2, 0) is 42.5 Å². The highest BCUT2D eigenvalue weighted by molar-refractivity contribution is 7.88. The van der Waals surface area contributed by atoms with Crippen LogP contribution in [0.2, 0.25) is 0 Å². The van der Waals surface area contributed by atoms with Gasteiger partial charge in [0.25, 0.3) is 0 Å². The molecular formula is C17H22N4O2S. The lowest BCUT2D eigenvalue weighted by molar-refractivity contribution is 0.154. The summed E-state index contributed by atoms with van der Waals surface area (Å²) in [6.07, 6.45) is 3.40. The lowest BCUT2D eigenvalue weighted by Crippen LogP contribution is -2.41. The van der Waals surface area contributed by atoms with Gasteiger partial charge in [-0.15, -0.1) is 0 Å². The molecule has 7 heteroatoms. The maximum atomic E-state index is 11.2. The van der Waals surface area contributed by atoms with Crippen LogP contribution in [0.4, 0.5) is 0 Å². The first-order valence-corrected chi connectivity index (χ1v) is 10.2. The Labute approximate surface area is 142 Å². The van der Waals surface area contributed by atoms with Crippen molar-refractivity contribution in [2.75, 3.05) is 12.8 Å². The highest BCUT2D eigenvalue weighted by Gasteiger charge is 2.29. The van der Waals surface area contributed by atoms with E-state index < -0.39 is 10.0 Å². The fourth-order valence-corrected chi connectivity index (χ4v) is 4.15. The first kappa shape index (κ1) is 15.8. The zero-order valence-corrected chi connectivity index (χ0v) is 14.6. The molecule has 24 heavy (non-hydrogen) atoms. The molecule has 0 atom stereocenters. The van der Waals surface area contributed by atoms with Crippen molar-refractivity contribution >= 4 is 10.0 Å². The van der Waals surface area contributed by atoms with Crippen molar-refractivity contribution in [2.45, 2.75) is 38.5 Å². The van der Waals surface area contributed by atoms with Crippen molar-refractivity contribution in [3.8, 4) is 0 Å². The van der Waals surface area contributed by atoms with E-state index in [0.29, 0.717) is 6.04 Å². The second-order valence-corrected chi connectivity index (χ2v) is 8.58. The van der Waals surface area contributed by atoms with E-state index in [1.165, 1.54) is 23.1 Å². The number of nitrogens with zero attached hydrogens (tertiary/aromatic N) is 3. The largest absolute Gasteiger partial charge is 0.292 e. The Morgan fingerprint density at radius 2 is 1.92 bits per heavy atom. The van der Waals surface area contributed by atoms with E-state index in [4.69, 9.17) is 0 Å². The molecule has 2 aromatic rings. The van der Waals surface area contributed by atoms with E-state index in [-0.39, 0.29) is 6.54 Å². The average Bonchev–Trinajstić information content (AvgIpc) is 3.14. The SMILES string of the molecule is CS(=O)(=O)NCc1cc2n(n1)CCN(C1Cc3ccccc3C1)C2. The predicted molar refractivity (Wildman–Crippen MR) is 92.0 cm³/mol. The van der Waals surface area contributed by atoms with Crippen LogP contribution >= 0.6 is 0 Å². The lowest BCUT2D eigenvalue weighted by Gasteiger charge is -2.32. The first-order chi connectivity index (χ1) is 11.5. The quantitative estimate of drug-likeness (QED) is 0.894. The van der Waals surface area contributed by atoms with Crippen LogP contribution in [0.5, 0.6) is 0 Å². The fourth-order valence-electron chi connectivity index (χ4n) is 3.74. The third-order valence-corrected chi connectivity index (χ3v) is 5.61. The normalized spacial score (nSPS) is 18.5. The number of aromatic nitrogens is 2. The van der Waals surface area contributed by atoms with Crippen molar-refractivity contribution in [3.05, 3.63) is 52.8 Å². The minimum atomic E-state index is -3.19. The van der Waals surface area contributed by atoms with Crippen LogP contribution in [0, 0.1) is 0 Å². The van der Waals surface area contributed by atoms with Gasteiger partial charge in [-0.25, -0.2) is 13.1 Å². The maximum Gasteiger partial charge on any atom is 0.209 e. The summed E-state index contributed by atoms with van der Waals surface area (Å²) in [6, 6.07) is 11.3. The van der Waals surface area contributed by atoms with E-state index >= 15 is 0 Å². The van der Waals surface area contributed by atoms with Gasteiger partial charge in [0.2, 0.25) is 10.0 Å². The van der Waals surface area contributed by atoms with E-state index in [1.54, 1.807) is 0 Å². The van der Waals surface area contributed by atoms with Crippen LogP contribution in [-0.4, -0.2) is 41.9 Å². The fraction of sp³-hybridized carbons (Fsp3) is 0.471. The Kier molecular flexibility index (Phi) is 3.94. The summed E-state index contributed by atoms with van der Waals surface area (Å²) in [6.45, 7) is 2.99. The van der Waals surface area contributed by atoms with Gasteiger partial charge in [0.05, 0.1) is 30.7 Å². The molecule has 1 aromatic heterocycles. The van der Waals surface area contributed by atoms with Gasteiger partial charge < -0.3 is 0 Å². The molecule has 0 bridgehead atoms. The molecule has 1 aliphatic carbocycles. The molecule has 1 aliphatic heterocycles. The van der Waals surface area contributed by atoms with Crippen molar-refractivity contribution in [2.24, 2.45) is 0 Å². The van der Waals surface area contributed by atoms with Gasteiger partial charge >= 0.3 is 0 Å². The summed E-state index contributed by atoms with van der Waals surface area (Å²) in [5, 5.41) is 4.52. The molecule has 2 heterocycles. The molecule has 2 aliphatic rings. The number of hydrogen-bond acceptors (Lipinski definition) is 4. The second-order valence-electron chi connectivity index (χ2n) is 6.74. The molecule has 0 saturated carbocycles. The molecule has 0 spiro atoms. The molecule has 1 aromatic carbocycles. The number of sulfonamides is 1. The monoisotopic (exact) mass is 346 g/mol. The van der Waals surface area contributed by atoms with Crippen LogP contribution in [0.1, 0.15) is 22.5 Å². The van der Waals surface area contributed by atoms with Gasteiger partial charge in [-0.05, 0) is 30.0 Å². The van der Waals surface area contributed by atoms with Gasteiger partial charge in [-0.1, -0.05) is 24.3 Å². The smallest absolute Gasteiger partial charge is 0.209 e. The number of nitrogens with one attached hydrogen (secondary N) is 1. The Hall–Kier alpha value is -1.70. The Morgan fingerprint density at radius 1 is 1.21 bits per heavy atom. The van der Waals surface area contributed by atoms with Crippen molar-refractivity contribution in [3.63, 3.8) is 0 Å². The minimum Gasteiger partial charge on any atom is -0.292 e. The van der Waals surface area contributed by atoms with Gasteiger partial charge in [0, 0.05) is 19.1 Å². The molecule has 6 nitrogen and oxygen atoms in total. The van der Waals surface area contributed by atoms with Crippen LogP contribution in [0.25, 0.3) is 0 Å². The van der Waals surface area contributed by atoms with E-state index in [0.717, 1.165) is 38.2 Å². The molecule has 0 amide bonds. The van der Waals surface area contributed by atoms with E-state index in [1.807, 2.05) is 10.7 Å². The van der Waals surface area contributed by atoms with Gasteiger partial charge in [-0.3, -0.25) is 9.58 Å². The van der Waals surface area contributed by atoms with Crippen molar-refractivity contribution in [1.29, 1.82) is 0 Å². The zero-order valence-electron chi connectivity index (χ0n) is 13.8. The predicted octanol–water partition coefficient (Wildman–Crippen LogP) is 0.915.